The number of carbonyl (C=O) groups excluding carboxylic acids is 9. The Kier molecular flexibility index (Phi) is 21.2. The van der Waals surface area contributed by atoms with Gasteiger partial charge in [0.25, 0.3) is 11.7 Å². The van der Waals surface area contributed by atoms with Crippen molar-refractivity contribution in [3.8, 4) is 0 Å². The molecule has 0 spiro atoms. The molecule has 0 aromatic heterocycles. The van der Waals surface area contributed by atoms with Crippen LogP contribution in [-0.4, -0.2) is 153 Å². The molecule has 2 heterocycles. The van der Waals surface area contributed by atoms with Gasteiger partial charge in [-0.1, -0.05) is 72.8 Å². The highest BCUT2D eigenvalue weighted by Crippen LogP contribution is 2.42. The molecule has 2 saturated heterocycles. The summed E-state index contributed by atoms with van der Waals surface area (Å²) in [5, 5.41) is 2.49. The number of esters is 8. The summed E-state index contributed by atoms with van der Waals surface area (Å²) in [5.41, 5.74) is -0.789. The van der Waals surface area contributed by atoms with Crippen molar-refractivity contribution >= 4 is 65.2 Å². The van der Waals surface area contributed by atoms with E-state index in [1.54, 1.807) is 12.1 Å². The molecule has 0 aliphatic carbocycles. The molecule has 11 atom stereocenters. The van der Waals surface area contributed by atoms with Gasteiger partial charge in [0.1, 0.15) is 37.6 Å². The van der Waals surface area contributed by atoms with Crippen LogP contribution in [-0.2, 0) is 85.6 Å². The number of halogens is 3. The van der Waals surface area contributed by atoms with Crippen LogP contribution in [0, 0.1) is 0 Å². The Balaban J connectivity index is 1.66. The Bertz CT molecular complexity index is 2900. The number of para-hydroxylation sites is 1. The van der Waals surface area contributed by atoms with E-state index in [-0.39, 0.29) is 22.4 Å². The van der Waals surface area contributed by atoms with Crippen molar-refractivity contribution in [1.82, 2.24) is 5.32 Å². The number of amides is 1. The van der Waals surface area contributed by atoms with Gasteiger partial charge in [0.05, 0.1) is 42.0 Å². The van der Waals surface area contributed by atoms with Crippen molar-refractivity contribution in [2.24, 2.45) is 4.99 Å². The molecule has 4 aromatic carbocycles. The lowest BCUT2D eigenvalue weighted by atomic mass is 9.87. The number of ether oxygens (including phenoxy) is 12. The van der Waals surface area contributed by atoms with Gasteiger partial charge >= 0.3 is 53.9 Å². The summed E-state index contributed by atoms with van der Waals surface area (Å²) in [6, 6.07) is 25.9. The van der Waals surface area contributed by atoms with E-state index in [1.807, 2.05) is 0 Å². The topological polar surface area (TPSA) is 289 Å². The fourth-order valence-electron chi connectivity index (χ4n) is 8.48. The molecule has 432 valence electrons. The van der Waals surface area contributed by atoms with Crippen LogP contribution in [0.25, 0.3) is 0 Å². The van der Waals surface area contributed by atoms with Gasteiger partial charge < -0.3 is 62.2 Å². The monoisotopic (exact) mass is 1140 g/mol. The maximum atomic E-state index is 15.4. The molecule has 81 heavy (non-hydrogen) atoms. The molecule has 0 radical (unpaired) electrons. The second kappa shape index (κ2) is 27.9. The fourth-order valence-corrected chi connectivity index (χ4v) is 8.48. The molecule has 6 rings (SSSR count). The van der Waals surface area contributed by atoms with Gasteiger partial charge in [0, 0.05) is 34.6 Å². The summed E-state index contributed by atoms with van der Waals surface area (Å²) in [6.07, 6.45) is -26.7. The first-order valence-corrected chi connectivity index (χ1v) is 24.6. The van der Waals surface area contributed by atoms with Crippen LogP contribution in [0.1, 0.15) is 72.1 Å². The van der Waals surface area contributed by atoms with E-state index in [0.29, 0.717) is 0 Å². The highest BCUT2D eigenvalue weighted by molar-refractivity contribution is 5.91. The molecule has 2 aliphatic heterocycles. The molecule has 2 fully saturated rings. The Hall–Kier alpha value is -8.75. The summed E-state index contributed by atoms with van der Waals surface area (Å²) in [7, 11) is 0.801. The smallest absolute Gasteiger partial charge is 0.465 e. The van der Waals surface area contributed by atoms with E-state index >= 15 is 13.2 Å². The second-order valence-corrected chi connectivity index (χ2v) is 17.9. The largest absolute Gasteiger partial charge is 0.468 e. The molecule has 1 amide bonds. The number of benzene rings is 4. The number of carbonyl (C=O) groups is 9. The van der Waals surface area contributed by atoms with Crippen LogP contribution in [0.15, 0.2) is 126 Å². The number of alkyl halides is 3. The highest BCUT2D eigenvalue weighted by Gasteiger charge is 2.64. The van der Waals surface area contributed by atoms with E-state index in [0.717, 1.165) is 41.7 Å². The standard InChI is InChI=1S/C55H55F3N2O21/c1-30(61)59-42-39(73-32(3)63)27-54(53(69)70-6,80-45(42)43(75-34(5)65)40(74-33(4)64)28-71-31(2)62)81-46-44(77-49(67)36-21-13-8-14-22-36)41(29-72-48(66)35-19-11-7-12-20-35)76-51(47(46)78-50(68)37-23-15-9-16-24-37)79-52(55(56,57)58)60-38-25-17-10-18-26-38/h7-26,39-47,51H,27-29H2,1-6H3,(H,59,61)/t39-,40-,41?,42-,43-,44+,45?,46?,47+,51+,54+/m1/s1. The minimum Gasteiger partial charge on any atom is -0.465 e. The number of hydrogen-bond donors (Lipinski definition) is 1. The number of rotatable bonds is 20. The first-order chi connectivity index (χ1) is 38.5. The third kappa shape index (κ3) is 16.9. The van der Waals surface area contributed by atoms with Crippen molar-refractivity contribution in [2.45, 2.75) is 114 Å². The van der Waals surface area contributed by atoms with Crippen LogP contribution in [0.5, 0.6) is 0 Å². The Labute approximate surface area is 460 Å². The number of hydrogen-bond acceptors (Lipinski definition) is 22. The Morgan fingerprint density at radius 1 is 0.630 bits per heavy atom. The molecular formula is C55H55F3N2O21. The fraction of sp³-hybridized carbons (Fsp3) is 0.382. The number of nitrogens with zero attached hydrogens (tertiary/aromatic N) is 1. The first kappa shape index (κ1) is 61.5. The quantitative estimate of drug-likeness (QED) is 0.0512. The van der Waals surface area contributed by atoms with Gasteiger partial charge in [-0.05, 0) is 48.5 Å². The summed E-state index contributed by atoms with van der Waals surface area (Å²) in [6.45, 7) is 2.73. The van der Waals surface area contributed by atoms with Gasteiger partial charge in [0.2, 0.25) is 12.2 Å². The second-order valence-electron chi connectivity index (χ2n) is 17.9. The van der Waals surface area contributed by atoms with Crippen molar-refractivity contribution in [3.63, 3.8) is 0 Å². The Morgan fingerprint density at radius 2 is 1.15 bits per heavy atom. The molecule has 0 saturated carbocycles. The summed E-state index contributed by atoms with van der Waals surface area (Å²) in [5.74, 6) is -15.7. The third-order valence-corrected chi connectivity index (χ3v) is 11.8. The van der Waals surface area contributed by atoms with Crippen molar-refractivity contribution < 1.29 is 113 Å². The van der Waals surface area contributed by atoms with Gasteiger partial charge in [0.15, 0.2) is 24.4 Å². The predicted octanol–water partition coefficient (Wildman–Crippen LogP) is 5.23. The summed E-state index contributed by atoms with van der Waals surface area (Å²) < 4.78 is 116. The van der Waals surface area contributed by atoms with E-state index in [1.165, 1.54) is 109 Å². The lowest BCUT2D eigenvalue weighted by Gasteiger charge is -2.51. The van der Waals surface area contributed by atoms with E-state index in [2.05, 4.69) is 10.3 Å². The Morgan fingerprint density at radius 3 is 1.63 bits per heavy atom. The van der Waals surface area contributed by atoms with Crippen molar-refractivity contribution in [3.05, 3.63) is 138 Å². The minimum atomic E-state index is -5.49. The van der Waals surface area contributed by atoms with Gasteiger partial charge in [-0.2, -0.15) is 13.2 Å². The first-order valence-electron chi connectivity index (χ1n) is 24.6. The zero-order valence-electron chi connectivity index (χ0n) is 44.1. The van der Waals surface area contributed by atoms with Crippen LogP contribution in [0.3, 0.4) is 0 Å². The molecule has 3 unspecified atom stereocenters. The molecule has 2 aliphatic rings. The van der Waals surface area contributed by atoms with E-state index < -0.39 is 152 Å². The van der Waals surface area contributed by atoms with Crippen LogP contribution in [0.2, 0.25) is 0 Å². The summed E-state index contributed by atoms with van der Waals surface area (Å²) >= 11 is 0. The average Bonchev–Trinajstić information content (AvgIpc) is 3.49. The number of methoxy groups -OCH3 is 1. The van der Waals surface area contributed by atoms with Gasteiger partial charge in [-0.25, -0.2) is 24.2 Å². The molecule has 26 heteroatoms. The maximum absolute atomic E-state index is 15.4. The number of nitrogens with one attached hydrogen (secondary N) is 1. The third-order valence-electron chi connectivity index (χ3n) is 11.8. The minimum absolute atomic E-state index is 0.0459. The van der Waals surface area contributed by atoms with Crippen molar-refractivity contribution in [2.75, 3.05) is 20.3 Å². The maximum Gasteiger partial charge on any atom is 0.468 e. The molecular weight excluding hydrogens is 1080 g/mol. The average molecular weight is 1140 g/mol. The molecule has 1 N–H and O–H groups in total. The summed E-state index contributed by atoms with van der Waals surface area (Å²) in [4.78, 5) is 125. The van der Waals surface area contributed by atoms with Crippen LogP contribution < -0.4 is 5.32 Å². The lowest BCUT2D eigenvalue weighted by Crippen LogP contribution is -2.72. The normalized spacial score (nSPS) is 23.3. The predicted molar refractivity (Wildman–Crippen MR) is 267 cm³/mol. The SMILES string of the molecule is COC(=O)[C@@]1(OC2[C@@H](OC(=O)c3ccccc3)C(COC(=O)c3ccccc3)O[C@@H](OC(=Nc3ccccc3)C(F)(F)F)[C@H]2OC(=O)c2ccccc2)C[C@@H](OC(C)=O)[C@@H](NC(C)=O)C([C@H](OC(C)=O)[C@@H](COC(C)=O)OC(C)=O)O1. The lowest BCUT2D eigenvalue weighted by molar-refractivity contribution is -0.364. The van der Waals surface area contributed by atoms with Gasteiger partial charge in [-0.15, -0.1) is 0 Å². The molecule has 4 aromatic rings. The molecule has 0 bridgehead atoms. The highest BCUT2D eigenvalue weighted by atomic mass is 19.4. The zero-order chi connectivity index (χ0) is 59.0. The van der Waals surface area contributed by atoms with E-state index in [9.17, 15) is 43.2 Å². The van der Waals surface area contributed by atoms with Crippen molar-refractivity contribution in [1.29, 1.82) is 0 Å². The number of aliphatic imine (C=N–C) groups is 1. The van der Waals surface area contributed by atoms with Crippen LogP contribution >= 0.6 is 0 Å². The van der Waals surface area contributed by atoms with Crippen LogP contribution in [0.4, 0.5) is 18.9 Å². The van der Waals surface area contributed by atoms with Gasteiger partial charge in [-0.3, -0.25) is 24.0 Å². The van der Waals surface area contributed by atoms with E-state index in [4.69, 9.17) is 56.8 Å². The molecule has 23 nitrogen and oxygen atoms in total. The zero-order valence-corrected chi connectivity index (χ0v) is 44.1.